The first kappa shape index (κ1) is 10.1. The number of nitrogens with zero attached hydrogens (tertiary/aromatic N) is 2. The zero-order chi connectivity index (χ0) is 10.8. The molecule has 84 valence electrons. The zero-order valence-corrected chi connectivity index (χ0v) is 10.2. The maximum atomic E-state index is 4.52. The van der Waals surface area contributed by atoms with Crippen LogP contribution >= 0.6 is 11.3 Å². The lowest BCUT2D eigenvalue weighted by Crippen LogP contribution is -2.09. The van der Waals surface area contributed by atoms with Crippen LogP contribution in [0.15, 0.2) is 23.2 Å². The third-order valence-corrected chi connectivity index (χ3v) is 4.06. The first-order chi connectivity index (χ1) is 7.93. The summed E-state index contributed by atoms with van der Waals surface area (Å²) < 4.78 is 2.35. The van der Waals surface area contributed by atoms with Crippen LogP contribution in [0.3, 0.4) is 0 Å². The zero-order valence-electron chi connectivity index (χ0n) is 9.35. The van der Waals surface area contributed by atoms with Crippen LogP contribution in [0.2, 0.25) is 0 Å². The third-order valence-electron chi connectivity index (χ3n) is 3.33. The molecule has 0 bridgehead atoms. The Morgan fingerprint density at radius 2 is 2.25 bits per heavy atom. The van der Waals surface area contributed by atoms with Crippen molar-refractivity contribution in [3.63, 3.8) is 0 Å². The predicted molar refractivity (Wildman–Crippen MR) is 66.9 cm³/mol. The summed E-state index contributed by atoms with van der Waals surface area (Å²) in [5.74, 6) is 0. The Labute approximate surface area is 100.0 Å². The maximum Gasteiger partial charge on any atom is 0.0951 e. The molecule has 0 spiro atoms. The second-order valence-electron chi connectivity index (χ2n) is 4.42. The van der Waals surface area contributed by atoms with Crippen molar-refractivity contribution in [3.05, 3.63) is 40.1 Å². The summed E-state index contributed by atoms with van der Waals surface area (Å²) in [5, 5.41) is 4.39. The van der Waals surface area contributed by atoms with Crippen molar-refractivity contribution in [2.45, 2.75) is 38.6 Å². The molecule has 0 saturated heterocycles. The second-order valence-corrected chi connectivity index (χ2v) is 5.20. The average molecular weight is 232 g/mol. The smallest absolute Gasteiger partial charge is 0.0951 e. The van der Waals surface area contributed by atoms with Crippen molar-refractivity contribution >= 4 is 11.3 Å². The van der Waals surface area contributed by atoms with Crippen molar-refractivity contribution in [2.24, 2.45) is 0 Å². The molecule has 0 unspecified atom stereocenters. The van der Waals surface area contributed by atoms with Gasteiger partial charge in [-0.3, -0.25) is 0 Å². The SMILES string of the molecule is c1cc(CCn2cnc3c2CCCC3)cs1. The fourth-order valence-corrected chi connectivity index (χ4v) is 3.11. The highest BCUT2D eigenvalue weighted by molar-refractivity contribution is 7.07. The van der Waals surface area contributed by atoms with Crippen LogP contribution in [0.25, 0.3) is 0 Å². The molecule has 0 atom stereocenters. The molecule has 0 aliphatic heterocycles. The largest absolute Gasteiger partial charge is 0.334 e. The summed E-state index contributed by atoms with van der Waals surface area (Å²) in [4.78, 5) is 4.52. The number of hydrogen-bond donors (Lipinski definition) is 0. The van der Waals surface area contributed by atoms with Gasteiger partial charge in [0.05, 0.1) is 12.0 Å². The minimum atomic E-state index is 1.08. The van der Waals surface area contributed by atoms with E-state index in [2.05, 4.69) is 26.4 Å². The van der Waals surface area contributed by atoms with E-state index in [1.165, 1.54) is 42.6 Å². The van der Waals surface area contributed by atoms with Crippen LogP contribution in [0.1, 0.15) is 29.8 Å². The number of thiophene rings is 1. The van der Waals surface area contributed by atoms with E-state index in [1.54, 1.807) is 11.3 Å². The Bertz CT molecular complexity index is 456. The van der Waals surface area contributed by atoms with E-state index in [4.69, 9.17) is 0 Å². The van der Waals surface area contributed by atoms with Crippen LogP contribution in [-0.4, -0.2) is 9.55 Å². The number of aromatic nitrogens is 2. The molecule has 0 aromatic carbocycles. The van der Waals surface area contributed by atoms with Gasteiger partial charge in [-0.05, 0) is 54.5 Å². The number of imidazole rings is 1. The Balaban J connectivity index is 1.72. The highest BCUT2D eigenvalue weighted by Gasteiger charge is 2.14. The van der Waals surface area contributed by atoms with Gasteiger partial charge in [0.15, 0.2) is 0 Å². The number of rotatable bonds is 3. The van der Waals surface area contributed by atoms with Gasteiger partial charge in [0.2, 0.25) is 0 Å². The topological polar surface area (TPSA) is 17.8 Å². The van der Waals surface area contributed by atoms with Gasteiger partial charge in [0.1, 0.15) is 0 Å². The van der Waals surface area contributed by atoms with Crippen LogP contribution in [0.5, 0.6) is 0 Å². The molecule has 2 heterocycles. The molecule has 0 fully saturated rings. The maximum absolute atomic E-state index is 4.52. The van der Waals surface area contributed by atoms with E-state index < -0.39 is 0 Å². The van der Waals surface area contributed by atoms with Crippen molar-refractivity contribution in [2.75, 3.05) is 0 Å². The van der Waals surface area contributed by atoms with Gasteiger partial charge in [0, 0.05) is 12.2 Å². The van der Waals surface area contributed by atoms with Gasteiger partial charge in [-0.2, -0.15) is 11.3 Å². The van der Waals surface area contributed by atoms with Crippen molar-refractivity contribution < 1.29 is 0 Å². The monoisotopic (exact) mass is 232 g/mol. The van der Waals surface area contributed by atoms with E-state index in [1.807, 2.05) is 6.33 Å². The molecular weight excluding hydrogens is 216 g/mol. The van der Waals surface area contributed by atoms with Crippen LogP contribution < -0.4 is 0 Å². The molecule has 3 heteroatoms. The number of fused-ring (bicyclic) bond motifs is 1. The Hall–Kier alpha value is -1.09. The number of aryl methyl sites for hydroxylation is 3. The molecule has 2 nitrogen and oxygen atoms in total. The van der Waals surface area contributed by atoms with Crippen LogP contribution in [-0.2, 0) is 25.8 Å². The summed E-state index contributed by atoms with van der Waals surface area (Å²) in [6.07, 6.45) is 8.21. The highest BCUT2D eigenvalue weighted by Crippen LogP contribution is 2.20. The summed E-state index contributed by atoms with van der Waals surface area (Å²) in [6, 6.07) is 2.22. The van der Waals surface area contributed by atoms with E-state index in [9.17, 15) is 0 Å². The molecule has 16 heavy (non-hydrogen) atoms. The van der Waals surface area contributed by atoms with Crippen LogP contribution in [0, 0.1) is 0 Å². The quantitative estimate of drug-likeness (QED) is 0.795. The molecule has 0 radical (unpaired) electrons. The van der Waals surface area contributed by atoms with Gasteiger partial charge in [-0.1, -0.05) is 0 Å². The lowest BCUT2D eigenvalue weighted by atomic mass is 10.0. The van der Waals surface area contributed by atoms with E-state index in [0.29, 0.717) is 0 Å². The Kier molecular flexibility index (Phi) is 2.79. The molecular formula is C13H16N2S. The molecule has 1 aliphatic carbocycles. The highest BCUT2D eigenvalue weighted by atomic mass is 32.1. The fourth-order valence-electron chi connectivity index (χ4n) is 2.41. The van der Waals surface area contributed by atoms with Crippen molar-refractivity contribution in [1.29, 1.82) is 0 Å². The molecule has 0 N–H and O–H groups in total. The lowest BCUT2D eigenvalue weighted by Gasteiger charge is -2.13. The van der Waals surface area contributed by atoms with Gasteiger partial charge in [-0.15, -0.1) is 0 Å². The molecule has 1 aliphatic rings. The molecule has 0 amide bonds. The standard InChI is InChI=1S/C13H16N2S/c1-2-4-13-12(3-1)14-10-15(13)7-5-11-6-8-16-9-11/h6,8-10H,1-5,7H2. The first-order valence-electron chi connectivity index (χ1n) is 5.97. The normalized spacial score (nSPS) is 15.0. The average Bonchev–Trinajstić information content (AvgIpc) is 2.96. The van der Waals surface area contributed by atoms with E-state index in [0.717, 1.165) is 13.0 Å². The van der Waals surface area contributed by atoms with Crippen LogP contribution in [0.4, 0.5) is 0 Å². The number of hydrogen-bond acceptors (Lipinski definition) is 2. The lowest BCUT2D eigenvalue weighted by molar-refractivity contribution is 0.603. The van der Waals surface area contributed by atoms with Gasteiger partial charge in [-0.25, -0.2) is 4.98 Å². The Morgan fingerprint density at radius 1 is 1.31 bits per heavy atom. The molecule has 2 aromatic heterocycles. The van der Waals surface area contributed by atoms with E-state index in [-0.39, 0.29) is 0 Å². The second kappa shape index (κ2) is 4.42. The minimum Gasteiger partial charge on any atom is -0.334 e. The van der Waals surface area contributed by atoms with Gasteiger partial charge in [0.25, 0.3) is 0 Å². The summed E-state index contributed by atoms with van der Waals surface area (Å²) in [5.41, 5.74) is 4.28. The van der Waals surface area contributed by atoms with Crippen molar-refractivity contribution in [3.8, 4) is 0 Å². The van der Waals surface area contributed by atoms with E-state index >= 15 is 0 Å². The molecule has 2 aromatic rings. The molecule has 0 saturated carbocycles. The van der Waals surface area contributed by atoms with Gasteiger partial charge < -0.3 is 4.57 Å². The van der Waals surface area contributed by atoms with Gasteiger partial charge >= 0.3 is 0 Å². The summed E-state index contributed by atoms with van der Waals surface area (Å²) >= 11 is 1.78. The first-order valence-corrected chi connectivity index (χ1v) is 6.92. The van der Waals surface area contributed by atoms with Crippen molar-refractivity contribution in [1.82, 2.24) is 9.55 Å². The third kappa shape index (κ3) is 1.92. The Morgan fingerprint density at radius 3 is 3.12 bits per heavy atom. The minimum absolute atomic E-state index is 1.08. The molecule has 3 rings (SSSR count). The fraction of sp³-hybridized carbons (Fsp3) is 0.462. The predicted octanol–water partition coefficient (Wildman–Crippen LogP) is 3.07. The summed E-state index contributed by atoms with van der Waals surface area (Å²) in [6.45, 7) is 1.08. The summed E-state index contributed by atoms with van der Waals surface area (Å²) in [7, 11) is 0.